The Hall–Kier alpha value is -2.49. The highest BCUT2D eigenvalue weighted by Gasteiger charge is 2.04. The topological polar surface area (TPSA) is 50.4 Å². The number of aryl methyl sites for hydroxylation is 2. The molecule has 4 nitrogen and oxygen atoms in total. The van der Waals surface area contributed by atoms with Gasteiger partial charge >= 0.3 is 0 Å². The molecule has 0 heterocycles. The maximum atomic E-state index is 12.2. The molecule has 0 aromatic heterocycles. The fraction of sp³-hybridized carbons (Fsp3) is 0.435. The van der Waals surface area contributed by atoms with Crippen LogP contribution in [0.5, 0.6) is 5.75 Å². The quantitative estimate of drug-likeness (QED) is 0.500. The highest BCUT2D eigenvalue weighted by atomic mass is 16.5. The first-order valence-electron chi connectivity index (χ1n) is 9.91. The highest BCUT2D eigenvalue weighted by molar-refractivity contribution is 5.93. The largest absolute Gasteiger partial charge is 0.494 e. The zero-order chi connectivity index (χ0) is 19.5. The lowest BCUT2D eigenvalue weighted by Gasteiger charge is -2.11. The second-order valence-electron chi connectivity index (χ2n) is 7.07. The van der Waals surface area contributed by atoms with Gasteiger partial charge in [0.15, 0.2) is 0 Å². The number of ether oxygens (including phenoxy) is 1. The second kappa shape index (κ2) is 11.3. The molecule has 0 fully saturated rings. The monoisotopic (exact) mass is 368 g/mol. The van der Waals surface area contributed by atoms with E-state index < -0.39 is 0 Å². The number of benzene rings is 2. The first kappa shape index (κ1) is 20.8. The number of nitrogens with one attached hydrogen (secondary N) is 2. The van der Waals surface area contributed by atoms with Crippen molar-refractivity contribution in [3.05, 3.63) is 53.6 Å². The van der Waals surface area contributed by atoms with E-state index >= 15 is 0 Å². The first-order valence-corrected chi connectivity index (χ1v) is 9.91. The van der Waals surface area contributed by atoms with Crippen molar-refractivity contribution < 1.29 is 9.53 Å². The van der Waals surface area contributed by atoms with Crippen LogP contribution in [0.2, 0.25) is 0 Å². The SMILES string of the molecule is CCCCCCCOc1cccc(NC(=O)CNc2cc(C)cc(C)c2)c1. The van der Waals surface area contributed by atoms with Crippen LogP contribution < -0.4 is 15.4 Å². The van der Waals surface area contributed by atoms with Crippen LogP contribution in [-0.2, 0) is 4.79 Å². The standard InChI is InChI=1S/C23H32N2O2/c1-4-5-6-7-8-12-27-22-11-9-10-20(16-22)25-23(26)17-24-21-14-18(2)13-19(3)15-21/h9-11,13-16,24H,4-8,12,17H2,1-3H3,(H,25,26). The van der Waals surface area contributed by atoms with Gasteiger partial charge in [0, 0.05) is 17.4 Å². The molecule has 0 atom stereocenters. The van der Waals surface area contributed by atoms with Crippen molar-refractivity contribution in [2.75, 3.05) is 23.8 Å². The number of carbonyl (C=O) groups excluding carboxylic acids is 1. The van der Waals surface area contributed by atoms with Crippen LogP contribution in [0.4, 0.5) is 11.4 Å². The summed E-state index contributed by atoms with van der Waals surface area (Å²) in [7, 11) is 0. The van der Waals surface area contributed by atoms with E-state index in [-0.39, 0.29) is 12.5 Å². The summed E-state index contributed by atoms with van der Waals surface area (Å²) in [6.07, 6.45) is 6.08. The van der Waals surface area contributed by atoms with Crippen molar-refractivity contribution in [3.63, 3.8) is 0 Å². The third-order valence-electron chi connectivity index (χ3n) is 4.31. The van der Waals surface area contributed by atoms with E-state index in [1.165, 1.54) is 36.8 Å². The Labute approximate surface area is 163 Å². The summed E-state index contributed by atoms with van der Waals surface area (Å²) in [5, 5.41) is 6.09. The van der Waals surface area contributed by atoms with Crippen LogP contribution in [-0.4, -0.2) is 19.1 Å². The van der Waals surface area contributed by atoms with Gasteiger partial charge in [-0.25, -0.2) is 0 Å². The van der Waals surface area contributed by atoms with Gasteiger partial charge < -0.3 is 15.4 Å². The van der Waals surface area contributed by atoms with Crippen LogP contribution in [0.1, 0.15) is 50.2 Å². The molecule has 2 aromatic rings. The summed E-state index contributed by atoms with van der Waals surface area (Å²) in [6, 6.07) is 13.8. The maximum Gasteiger partial charge on any atom is 0.243 e. The van der Waals surface area contributed by atoms with E-state index in [0.29, 0.717) is 0 Å². The van der Waals surface area contributed by atoms with Crippen LogP contribution in [0.15, 0.2) is 42.5 Å². The number of carbonyl (C=O) groups is 1. The molecule has 0 spiro atoms. The zero-order valence-electron chi connectivity index (χ0n) is 16.8. The molecule has 0 radical (unpaired) electrons. The fourth-order valence-electron chi connectivity index (χ4n) is 3.02. The van der Waals surface area contributed by atoms with Gasteiger partial charge in [0.1, 0.15) is 5.75 Å². The van der Waals surface area contributed by atoms with E-state index in [0.717, 1.165) is 30.2 Å². The van der Waals surface area contributed by atoms with Crippen molar-refractivity contribution in [2.45, 2.75) is 52.9 Å². The number of anilines is 2. The van der Waals surface area contributed by atoms with Crippen molar-refractivity contribution >= 4 is 17.3 Å². The summed E-state index contributed by atoms with van der Waals surface area (Å²) in [6.45, 7) is 7.26. The van der Waals surface area contributed by atoms with E-state index in [9.17, 15) is 4.79 Å². The van der Waals surface area contributed by atoms with E-state index in [2.05, 4.69) is 23.6 Å². The highest BCUT2D eigenvalue weighted by Crippen LogP contribution is 2.18. The van der Waals surface area contributed by atoms with Crippen molar-refractivity contribution in [1.82, 2.24) is 0 Å². The van der Waals surface area contributed by atoms with Gasteiger partial charge in [-0.15, -0.1) is 0 Å². The van der Waals surface area contributed by atoms with Crippen molar-refractivity contribution in [2.24, 2.45) is 0 Å². The number of amides is 1. The van der Waals surface area contributed by atoms with E-state index in [1.54, 1.807) is 0 Å². The third-order valence-corrected chi connectivity index (χ3v) is 4.31. The summed E-state index contributed by atoms with van der Waals surface area (Å²) in [4.78, 5) is 12.2. The molecule has 0 aliphatic carbocycles. The van der Waals surface area contributed by atoms with Crippen molar-refractivity contribution in [3.8, 4) is 5.75 Å². The molecule has 4 heteroatoms. The van der Waals surface area contributed by atoms with Crippen LogP contribution in [0.3, 0.4) is 0 Å². The maximum absolute atomic E-state index is 12.2. The molecule has 1 amide bonds. The molecule has 0 saturated heterocycles. The molecule has 146 valence electrons. The smallest absolute Gasteiger partial charge is 0.243 e. The zero-order valence-corrected chi connectivity index (χ0v) is 16.8. The van der Waals surface area contributed by atoms with E-state index in [4.69, 9.17) is 4.74 Å². The molecule has 0 bridgehead atoms. The van der Waals surface area contributed by atoms with E-state index in [1.807, 2.05) is 50.2 Å². The molecular weight excluding hydrogens is 336 g/mol. The molecular formula is C23H32N2O2. The summed E-state index contributed by atoms with van der Waals surface area (Å²) in [5.41, 5.74) is 4.07. The number of rotatable bonds is 11. The normalized spacial score (nSPS) is 10.5. The van der Waals surface area contributed by atoms with Crippen LogP contribution >= 0.6 is 0 Å². The molecule has 0 saturated carbocycles. The Morgan fingerprint density at radius 2 is 1.67 bits per heavy atom. The molecule has 2 aromatic carbocycles. The van der Waals surface area contributed by atoms with Gasteiger partial charge in [-0.2, -0.15) is 0 Å². The number of hydrogen-bond acceptors (Lipinski definition) is 3. The van der Waals surface area contributed by atoms with Gasteiger partial charge in [-0.05, 0) is 55.7 Å². The molecule has 27 heavy (non-hydrogen) atoms. The van der Waals surface area contributed by atoms with Gasteiger partial charge in [-0.1, -0.05) is 44.7 Å². The average Bonchev–Trinajstić information content (AvgIpc) is 2.62. The predicted molar refractivity (Wildman–Crippen MR) is 114 cm³/mol. The molecule has 2 rings (SSSR count). The minimum absolute atomic E-state index is 0.0779. The lowest BCUT2D eigenvalue weighted by Crippen LogP contribution is -2.21. The number of hydrogen-bond donors (Lipinski definition) is 2. The minimum Gasteiger partial charge on any atom is -0.494 e. The fourth-order valence-corrected chi connectivity index (χ4v) is 3.02. The molecule has 0 aliphatic rings. The van der Waals surface area contributed by atoms with Crippen LogP contribution in [0, 0.1) is 13.8 Å². The molecule has 0 unspecified atom stereocenters. The molecule has 2 N–H and O–H groups in total. The third kappa shape index (κ3) is 8.16. The Morgan fingerprint density at radius 1 is 0.926 bits per heavy atom. The Balaban J connectivity index is 1.76. The van der Waals surface area contributed by atoms with Gasteiger partial charge in [0.25, 0.3) is 0 Å². The Bertz CT molecular complexity index is 708. The average molecular weight is 369 g/mol. The minimum atomic E-state index is -0.0779. The predicted octanol–water partition coefficient (Wildman–Crippen LogP) is 5.70. The number of unbranched alkanes of at least 4 members (excludes halogenated alkanes) is 4. The lowest BCUT2D eigenvalue weighted by molar-refractivity contribution is -0.114. The second-order valence-corrected chi connectivity index (χ2v) is 7.07. The summed E-state index contributed by atoms with van der Waals surface area (Å²) in [5.74, 6) is 0.719. The lowest BCUT2D eigenvalue weighted by atomic mass is 10.1. The van der Waals surface area contributed by atoms with Crippen LogP contribution in [0.25, 0.3) is 0 Å². The van der Waals surface area contributed by atoms with Crippen molar-refractivity contribution in [1.29, 1.82) is 0 Å². The Kier molecular flexibility index (Phi) is 8.69. The summed E-state index contributed by atoms with van der Waals surface area (Å²) < 4.78 is 5.80. The molecule has 0 aliphatic heterocycles. The van der Waals surface area contributed by atoms with Gasteiger partial charge in [0.05, 0.1) is 13.2 Å². The first-order chi connectivity index (χ1) is 13.1. The summed E-state index contributed by atoms with van der Waals surface area (Å²) >= 11 is 0. The Morgan fingerprint density at radius 3 is 2.41 bits per heavy atom. The van der Waals surface area contributed by atoms with Gasteiger partial charge in [-0.3, -0.25) is 4.79 Å². The van der Waals surface area contributed by atoms with Gasteiger partial charge in [0.2, 0.25) is 5.91 Å².